The van der Waals surface area contributed by atoms with Gasteiger partial charge in [0, 0.05) is 22.4 Å². The number of halogens is 1. The van der Waals surface area contributed by atoms with Crippen molar-refractivity contribution in [1.82, 2.24) is 0 Å². The van der Waals surface area contributed by atoms with Crippen LogP contribution in [0.5, 0.6) is 0 Å². The lowest BCUT2D eigenvalue weighted by molar-refractivity contribution is -0.704. The van der Waals surface area contributed by atoms with Crippen molar-refractivity contribution in [2.75, 3.05) is 5.32 Å². The van der Waals surface area contributed by atoms with Gasteiger partial charge in [0.25, 0.3) is 5.91 Å². The molecule has 5 nitrogen and oxygen atoms in total. The highest BCUT2D eigenvalue weighted by Gasteiger charge is 2.25. The summed E-state index contributed by atoms with van der Waals surface area (Å²) in [5.41, 5.74) is 9.19. The second-order valence-corrected chi connectivity index (χ2v) is 7.54. The minimum atomic E-state index is -0.522. The van der Waals surface area contributed by atoms with Crippen LogP contribution in [0.3, 0.4) is 0 Å². The molecule has 0 aliphatic carbocycles. The molecule has 0 aromatic heterocycles. The Labute approximate surface area is 181 Å². The highest BCUT2D eigenvalue weighted by Crippen LogP contribution is 2.20. The fourth-order valence-corrected chi connectivity index (χ4v) is 3.43. The van der Waals surface area contributed by atoms with Crippen molar-refractivity contribution in [1.29, 1.82) is 0 Å². The molecule has 0 aliphatic rings. The van der Waals surface area contributed by atoms with Crippen molar-refractivity contribution in [3.05, 3.63) is 101 Å². The van der Waals surface area contributed by atoms with Crippen LogP contribution in [0.2, 0.25) is 0 Å². The van der Waals surface area contributed by atoms with Crippen LogP contribution in [0, 0.1) is 5.82 Å². The Morgan fingerprint density at radius 2 is 1.68 bits per heavy atom. The summed E-state index contributed by atoms with van der Waals surface area (Å²) < 4.78 is 13.9. The van der Waals surface area contributed by atoms with E-state index in [1.54, 1.807) is 37.3 Å². The van der Waals surface area contributed by atoms with E-state index in [0.717, 1.165) is 17.5 Å². The van der Waals surface area contributed by atoms with E-state index in [9.17, 15) is 14.0 Å². The maximum Gasteiger partial charge on any atom is 0.282 e. The molecule has 0 fully saturated rings. The second-order valence-electron chi connectivity index (χ2n) is 7.54. The summed E-state index contributed by atoms with van der Waals surface area (Å²) in [4.78, 5) is 24.0. The maximum atomic E-state index is 13.9. The van der Waals surface area contributed by atoms with Gasteiger partial charge in [-0.3, -0.25) is 9.59 Å². The molecule has 6 heteroatoms. The lowest BCUT2D eigenvalue weighted by Crippen LogP contribution is -2.92. The van der Waals surface area contributed by atoms with Crippen LogP contribution in [-0.4, -0.2) is 17.9 Å². The third-order valence-corrected chi connectivity index (χ3v) is 5.29. The Hall–Kier alpha value is -3.51. The standard InChI is InChI=1S/C25H26FN3O2/c1-3-17-7-9-18(10-8-17)23(20-5-4-6-21(26)15-20)28-16(2)25(31)29-22-13-11-19(12-14-22)24(27)30/h4-16,23,28H,3H2,1-2H3,(H2,27,30)(H,29,31)/p+1/t16-,23-/m0/s1. The molecule has 160 valence electrons. The van der Waals surface area contributed by atoms with E-state index in [-0.39, 0.29) is 17.8 Å². The molecule has 3 rings (SSSR count). The maximum absolute atomic E-state index is 13.9. The molecule has 31 heavy (non-hydrogen) atoms. The molecule has 5 N–H and O–H groups in total. The van der Waals surface area contributed by atoms with Crippen LogP contribution < -0.4 is 16.4 Å². The summed E-state index contributed by atoms with van der Waals surface area (Å²) in [6.45, 7) is 3.90. The number of rotatable bonds is 8. The van der Waals surface area contributed by atoms with Crippen LogP contribution in [0.4, 0.5) is 10.1 Å². The first-order valence-electron chi connectivity index (χ1n) is 10.3. The van der Waals surface area contributed by atoms with Gasteiger partial charge >= 0.3 is 0 Å². The van der Waals surface area contributed by atoms with E-state index in [1.165, 1.54) is 17.7 Å². The molecule has 2 amide bonds. The number of anilines is 1. The van der Waals surface area contributed by atoms with Crippen LogP contribution in [0.1, 0.15) is 46.9 Å². The van der Waals surface area contributed by atoms with Crippen molar-refractivity contribution in [3.63, 3.8) is 0 Å². The normalized spacial score (nSPS) is 12.7. The largest absolute Gasteiger partial charge is 0.366 e. The smallest absolute Gasteiger partial charge is 0.282 e. The molecule has 2 atom stereocenters. The van der Waals surface area contributed by atoms with Crippen molar-refractivity contribution in [2.45, 2.75) is 32.4 Å². The molecule has 0 heterocycles. The molecule has 0 saturated carbocycles. The van der Waals surface area contributed by atoms with E-state index in [4.69, 9.17) is 5.73 Å². The number of benzene rings is 3. The molecule has 0 spiro atoms. The summed E-state index contributed by atoms with van der Waals surface area (Å²) in [6, 6.07) is 20.3. The van der Waals surface area contributed by atoms with Crippen LogP contribution >= 0.6 is 0 Å². The van der Waals surface area contributed by atoms with Gasteiger partial charge in [-0.25, -0.2) is 4.39 Å². The molecule has 0 radical (unpaired) electrons. The summed E-state index contributed by atoms with van der Waals surface area (Å²) >= 11 is 0. The lowest BCUT2D eigenvalue weighted by Gasteiger charge is -2.21. The first-order chi connectivity index (χ1) is 14.9. The second kappa shape index (κ2) is 10.00. The topological polar surface area (TPSA) is 88.8 Å². The Kier molecular flexibility index (Phi) is 7.15. The SMILES string of the molecule is CCc1ccc([C@H]([NH2+][C@@H](C)C(=O)Nc2ccc(C(N)=O)cc2)c2cccc(F)c2)cc1. The molecular weight excluding hydrogens is 393 g/mol. The number of quaternary nitrogens is 1. The van der Waals surface area contributed by atoms with E-state index in [1.807, 2.05) is 23.5 Å². The zero-order chi connectivity index (χ0) is 22.4. The molecule has 3 aromatic rings. The number of carbonyl (C=O) groups excluding carboxylic acids is 2. The van der Waals surface area contributed by atoms with Gasteiger partial charge in [0.05, 0.1) is 0 Å². The number of carbonyl (C=O) groups is 2. The predicted molar refractivity (Wildman–Crippen MR) is 119 cm³/mol. The van der Waals surface area contributed by atoms with Gasteiger partial charge in [0.2, 0.25) is 5.91 Å². The molecule has 0 saturated heterocycles. The number of hydrogen-bond donors (Lipinski definition) is 3. The number of amides is 2. The third kappa shape index (κ3) is 5.77. The zero-order valence-electron chi connectivity index (χ0n) is 17.6. The van der Waals surface area contributed by atoms with Crippen molar-refractivity contribution in [3.8, 4) is 0 Å². The van der Waals surface area contributed by atoms with Gasteiger partial charge < -0.3 is 16.4 Å². The summed E-state index contributed by atoms with van der Waals surface area (Å²) in [6.07, 6.45) is 0.933. The predicted octanol–water partition coefficient (Wildman–Crippen LogP) is 3.17. The Balaban J connectivity index is 1.79. The van der Waals surface area contributed by atoms with E-state index in [2.05, 4.69) is 24.4 Å². The number of nitrogens with two attached hydrogens (primary N) is 2. The van der Waals surface area contributed by atoms with Gasteiger partial charge in [-0.1, -0.05) is 43.3 Å². The van der Waals surface area contributed by atoms with Crippen molar-refractivity contribution in [2.24, 2.45) is 5.73 Å². The average molecular weight is 421 g/mol. The van der Waals surface area contributed by atoms with E-state index >= 15 is 0 Å². The fraction of sp³-hybridized carbons (Fsp3) is 0.200. The summed E-state index contributed by atoms with van der Waals surface area (Å²) in [5.74, 6) is -1.03. The first-order valence-corrected chi connectivity index (χ1v) is 10.3. The number of aryl methyl sites for hydroxylation is 1. The lowest BCUT2D eigenvalue weighted by atomic mass is 9.96. The molecule has 0 aliphatic heterocycles. The van der Waals surface area contributed by atoms with E-state index < -0.39 is 11.9 Å². The van der Waals surface area contributed by atoms with Gasteiger partial charge in [-0.15, -0.1) is 0 Å². The number of primary amides is 1. The fourth-order valence-electron chi connectivity index (χ4n) is 3.43. The quantitative estimate of drug-likeness (QED) is 0.523. The molecule has 0 bridgehead atoms. The molecule has 0 unspecified atom stereocenters. The van der Waals surface area contributed by atoms with Crippen molar-refractivity contribution < 1.29 is 19.3 Å². The van der Waals surface area contributed by atoms with E-state index in [0.29, 0.717) is 11.3 Å². The monoisotopic (exact) mass is 420 g/mol. The average Bonchev–Trinajstić information content (AvgIpc) is 2.77. The first kappa shape index (κ1) is 22.2. The highest BCUT2D eigenvalue weighted by atomic mass is 19.1. The highest BCUT2D eigenvalue weighted by molar-refractivity contribution is 5.95. The van der Waals surface area contributed by atoms with Gasteiger partial charge in [0.1, 0.15) is 11.9 Å². The molecule has 3 aromatic carbocycles. The van der Waals surface area contributed by atoms with Crippen LogP contribution in [0.15, 0.2) is 72.8 Å². The Morgan fingerprint density at radius 3 is 2.26 bits per heavy atom. The number of hydrogen-bond acceptors (Lipinski definition) is 2. The number of nitrogens with one attached hydrogen (secondary N) is 1. The van der Waals surface area contributed by atoms with Gasteiger partial charge in [0.15, 0.2) is 6.04 Å². The zero-order valence-corrected chi connectivity index (χ0v) is 17.6. The Bertz CT molecular complexity index is 1050. The van der Waals surface area contributed by atoms with Crippen molar-refractivity contribution >= 4 is 17.5 Å². The minimum absolute atomic E-state index is 0.196. The van der Waals surface area contributed by atoms with Crippen LogP contribution in [-0.2, 0) is 11.2 Å². The van der Waals surface area contributed by atoms with Crippen LogP contribution in [0.25, 0.3) is 0 Å². The minimum Gasteiger partial charge on any atom is -0.366 e. The summed E-state index contributed by atoms with van der Waals surface area (Å²) in [5, 5.41) is 4.77. The Morgan fingerprint density at radius 1 is 1.00 bits per heavy atom. The summed E-state index contributed by atoms with van der Waals surface area (Å²) in [7, 11) is 0. The van der Waals surface area contributed by atoms with Gasteiger partial charge in [-0.2, -0.15) is 0 Å². The third-order valence-electron chi connectivity index (χ3n) is 5.29. The molecular formula is C25H27FN3O2+. The van der Waals surface area contributed by atoms with Gasteiger partial charge in [-0.05, 0) is 55.3 Å².